The van der Waals surface area contributed by atoms with E-state index in [2.05, 4.69) is 0 Å². The van der Waals surface area contributed by atoms with E-state index in [-0.39, 0.29) is 17.6 Å². The second-order valence-electron chi connectivity index (χ2n) is 4.32. The van der Waals surface area contributed by atoms with E-state index in [0.717, 1.165) is 26.1 Å². The average molecular weight is 170 g/mol. The second-order valence-corrected chi connectivity index (χ2v) is 4.32. The molecule has 0 radical (unpaired) electrons. The molecule has 3 rings (SSSR count). The standard InChI is InChI=1S/C9H14O3/c10-5-8-3-7(8)4-12-9(8)1-2-11-6-9/h7,10H,1-6H2. The Kier molecular flexibility index (Phi) is 1.23. The molecule has 1 spiro atoms. The first-order valence-corrected chi connectivity index (χ1v) is 4.66. The Labute approximate surface area is 71.7 Å². The highest BCUT2D eigenvalue weighted by Crippen LogP contribution is 2.67. The molecule has 3 unspecified atom stereocenters. The molecule has 2 heterocycles. The summed E-state index contributed by atoms with van der Waals surface area (Å²) in [5, 5.41) is 9.36. The normalized spacial score (nSPS) is 56.2. The number of hydrogen-bond donors (Lipinski definition) is 1. The Balaban J connectivity index is 1.94. The zero-order valence-corrected chi connectivity index (χ0v) is 7.08. The number of aliphatic hydroxyl groups excluding tert-OH is 1. The maximum absolute atomic E-state index is 9.36. The first kappa shape index (κ1) is 7.30. The highest BCUT2D eigenvalue weighted by atomic mass is 16.6. The van der Waals surface area contributed by atoms with Crippen LogP contribution in [0.1, 0.15) is 12.8 Å². The van der Waals surface area contributed by atoms with Crippen molar-refractivity contribution >= 4 is 0 Å². The third kappa shape index (κ3) is 0.605. The largest absolute Gasteiger partial charge is 0.396 e. The topological polar surface area (TPSA) is 38.7 Å². The first-order chi connectivity index (χ1) is 5.83. The number of fused-ring (bicyclic) bond motifs is 2. The molecule has 0 aromatic heterocycles. The second kappa shape index (κ2) is 2.03. The molecule has 12 heavy (non-hydrogen) atoms. The smallest absolute Gasteiger partial charge is 0.102 e. The van der Waals surface area contributed by atoms with Crippen molar-refractivity contribution in [3.8, 4) is 0 Å². The van der Waals surface area contributed by atoms with E-state index in [4.69, 9.17) is 9.47 Å². The third-order valence-electron chi connectivity index (χ3n) is 3.97. The maximum Gasteiger partial charge on any atom is 0.102 e. The van der Waals surface area contributed by atoms with Gasteiger partial charge in [-0.2, -0.15) is 0 Å². The Bertz CT molecular complexity index is 200. The first-order valence-electron chi connectivity index (χ1n) is 4.66. The van der Waals surface area contributed by atoms with Crippen LogP contribution in [0.25, 0.3) is 0 Å². The lowest BCUT2D eigenvalue weighted by Crippen LogP contribution is -2.42. The fraction of sp³-hybridized carbons (Fsp3) is 1.00. The number of ether oxygens (including phenoxy) is 2. The van der Waals surface area contributed by atoms with Crippen LogP contribution in [0, 0.1) is 11.3 Å². The molecule has 2 saturated heterocycles. The van der Waals surface area contributed by atoms with Crippen LogP contribution in [0.4, 0.5) is 0 Å². The van der Waals surface area contributed by atoms with Crippen molar-refractivity contribution < 1.29 is 14.6 Å². The van der Waals surface area contributed by atoms with Crippen LogP contribution in [-0.2, 0) is 9.47 Å². The van der Waals surface area contributed by atoms with Crippen molar-refractivity contribution in [2.75, 3.05) is 26.4 Å². The Morgan fingerprint density at radius 3 is 3.00 bits per heavy atom. The van der Waals surface area contributed by atoms with E-state index >= 15 is 0 Å². The van der Waals surface area contributed by atoms with Gasteiger partial charge in [0.2, 0.25) is 0 Å². The van der Waals surface area contributed by atoms with Gasteiger partial charge < -0.3 is 14.6 Å². The Morgan fingerprint density at radius 2 is 2.42 bits per heavy atom. The molecule has 0 aromatic carbocycles. The summed E-state index contributed by atoms with van der Waals surface area (Å²) < 4.78 is 11.1. The Hall–Kier alpha value is -0.120. The lowest BCUT2D eigenvalue weighted by atomic mass is 9.84. The quantitative estimate of drug-likeness (QED) is 0.610. The van der Waals surface area contributed by atoms with Gasteiger partial charge in [0, 0.05) is 18.4 Å². The fourth-order valence-electron chi connectivity index (χ4n) is 2.95. The minimum Gasteiger partial charge on any atom is -0.396 e. The average Bonchev–Trinajstić information content (AvgIpc) is 2.51. The molecule has 3 heteroatoms. The molecule has 3 nitrogen and oxygen atoms in total. The van der Waals surface area contributed by atoms with Crippen LogP contribution < -0.4 is 0 Å². The summed E-state index contributed by atoms with van der Waals surface area (Å²) in [7, 11) is 0. The maximum atomic E-state index is 9.36. The summed E-state index contributed by atoms with van der Waals surface area (Å²) in [5.74, 6) is 0.615. The number of hydrogen-bond acceptors (Lipinski definition) is 3. The minimum absolute atomic E-state index is 0.0868. The predicted octanol–water partition coefficient (Wildman–Crippen LogP) is 0.174. The number of rotatable bonds is 1. The van der Waals surface area contributed by atoms with Gasteiger partial charge in [-0.25, -0.2) is 0 Å². The van der Waals surface area contributed by atoms with E-state index in [1.54, 1.807) is 0 Å². The molecule has 3 aliphatic rings. The van der Waals surface area contributed by atoms with Gasteiger partial charge in [-0.1, -0.05) is 0 Å². The molecule has 68 valence electrons. The lowest BCUT2D eigenvalue weighted by Gasteiger charge is -2.30. The van der Waals surface area contributed by atoms with Crippen molar-refractivity contribution in [3.05, 3.63) is 0 Å². The molecule has 1 aliphatic carbocycles. The molecular weight excluding hydrogens is 156 g/mol. The molecular formula is C9H14O3. The van der Waals surface area contributed by atoms with Gasteiger partial charge in [0.15, 0.2) is 0 Å². The van der Waals surface area contributed by atoms with E-state index in [1.165, 1.54) is 0 Å². The zero-order valence-electron chi connectivity index (χ0n) is 7.08. The highest BCUT2D eigenvalue weighted by Gasteiger charge is 2.72. The highest BCUT2D eigenvalue weighted by molar-refractivity contribution is 5.19. The van der Waals surface area contributed by atoms with Crippen LogP contribution in [0.15, 0.2) is 0 Å². The summed E-state index contributed by atoms with van der Waals surface area (Å²) in [5.41, 5.74) is -0.0179. The van der Waals surface area contributed by atoms with Crippen molar-refractivity contribution in [1.29, 1.82) is 0 Å². The lowest BCUT2D eigenvalue weighted by molar-refractivity contribution is -0.0703. The van der Waals surface area contributed by atoms with Gasteiger partial charge in [-0.15, -0.1) is 0 Å². The molecule has 0 bridgehead atoms. The molecule has 3 fully saturated rings. The SMILES string of the molecule is OCC12CC1COC21CCOC1. The van der Waals surface area contributed by atoms with E-state index in [9.17, 15) is 5.11 Å². The van der Waals surface area contributed by atoms with Crippen molar-refractivity contribution in [1.82, 2.24) is 0 Å². The van der Waals surface area contributed by atoms with E-state index in [0.29, 0.717) is 12.5 Å². The number of aliphatic hydroxyl groups is 1. The fourth-order valence-corrected chi connectivity index (χ4v) is 2.95. The van der Waals surface area contributed by atoms with Crippen LogP contribution in [-0.4, -0.2) is 37.1 Å². The summed E-state index contributed by atoms with van der Waals surface area (Å²) in [4.78, 5) is 0. The van der Waals surface area contributed by atoms with E-state index < -0.39 is 0 Å². The summed E-state index contributed by atoms with van der Waals surface area (Å²) >= 11 is 0. The predicted molar refractivity (Wildman–Crippen MR) is 41.7 cm³/mol. The Morgan fingerprint density at radius 1 is 1.50 bits per heavy atom. The van der Waals surface area contributed by atoms with Crippen LogP contribution in [0.2, 0.25) is 0 Å². The summed E-state index contributed by atoms with van der Waals surface area (Å²) in [6.07, 6.45) is 2.12. The molecule has 0 aromatic rings. The molecule has 3 atom stereocenters. The van der Waals surface area contributed by atoms with Gasteiger partial charge in [0.1, 0.15) is 5.60 Å². The minimum atomic E-state index is -0.105. The van der Waals surface area contributed by atoms with Crippen molar-refractivity contribution in [2.24, 2.45) is 11.3 Å². The monoisotopic (exact) mass is 170 g/mol. The zero-order chi connectivity index (χ0) is 8.23. The molecule has 1 N–H and O–H groups in total. The van der Waals surface area contributed by atoms with Gasteiger partial charge in [-0.3, -0.25) is 0 Å². The van der Waals surface area contributed by atoms with Gasteiger partial charge in [-0.05, 0) is 12.3 Å². The molecule has 2 aliphatic heterocycles. The van der Waals surface area contributed by atoms with Gasteiger partial charge in [0.05, 0.1) is 19.8 Å². The summed E-state index contributed by atoms with van der Waals surface area (Å²) in [6.45, 7) is 2.61. The van der Waals surface area contributed by atoms with E-state index in [1.807, 2.05) is 0 Å². The molecule has 0 amide bonds. The van der Waals surface area contributed by atoms with Crippen molar-refractivity contribution in [3.63, 3.8) is 0 Å². The van der Waals surface area contributed by atoms with Crippen LogP contribution >= 0.6 is 0 Å². The van der Waals surface area contributed by atoms with Gasteiger partial charge in [0.25, 0.3) is 0 Å². The molecule has 1 saturated carbocycles. The van der Waals surface area contributed by atoms with Crippen LogP contribution in [0.5, 0.6) is 0 Å². The van der Waals surface area contributed by atoms with Gasteiger partial charge >= 0.3 is 0 Å². The summed E-state index contributed by atoms with van der Waals surface area (Å²) in [6, 6.07) is 0. The van der Waals surface area contributed by atoms with Crippen LogP contribution in [0.3, 0.4) is 0 Å². The third-order valence-corrected chi connectivity index (χ3v) is 3.97. The van der Waals surface area contributed by atoms with Crippen molar-refractivity contribution in [2.45, 2.75) is 18.4 Å².